The molecule has 2 rings (SSSR count). The maximum atomic E-state index is 12.3. The lowest BCUT2D eigenvalue weighted by Gasteiger charge is -2.24. The number of para-hydroxylation sites is 1. The number of esters is 1. The van der Waals surface area contributed by atoms with Crippen LogP contribution in [0.4, 0.5) is 5.69 Å². The summed E-state index contributed by atoms with van der Waals surface area (Å²) in [7, 11) is 0. The third kappa shape index (κ3) is 4.34. The average Bonchev–Trinajstić information content (AvgIpc) is 2.98. The lowest BCUT2D eigenvalue weighted by Crippen LogP contribution is -2.44. The minimum atomic E-state index is -0.602. The molecule has 24 heavy (non-hydrogen) atoms. The number of carbonyl (C=O) groups excluding carboxylic acids is 3. The summed E-state index contributed by atoms with van der Waals surface area (Å²) in [6, 6.07) is 6.81. The van der Waals surface area contributed by atoms with E-state index in [2.05, 4.69) is 5.32 Å². The van der Waals surface area contributed by atoms with E-state index in [1.807, 2.05) is 20.8 Å². The van der Waals surface area contributed by atoms with E-state index in [4.69, 9.17) is 4.74 Å². The van der Waals surface area contributed by atoms with Gasteiger partial charge < -0.3 is 15.0 Å². The summed E-state index contributed by atoms with van der Waals surface area (Å²) in [5.41, 5.74) is 0.498. The fraction of sp³-hybridized carbons (Fsp3) is 0.500. The van der Waals surface area contributed by atoms with Gasteiger partial charge in [-0.3, -0.25) is 9.59 Å². The van der Waals surface area contributed by atoms with Gasteiger partial charge in [-0.1, -0.05) is 19.1 Å². The largest absolute Gasteiger partial charge is 0.452 e. The standard InChI is InChI=1S/C18H24N2O4/c1-4-18(2,3)19-15(21)12-24-17(23)13-8-5-6-9-14(13)20-11-7-10-16(20)22/h5-6,8-9H,4,7,10-12H2,1-3H3,(H,19,21). The van der Waals surface area contributed by atoms with Crippen molar-refractivity contribution in [1.82, 2.24) is 5.32 Å². The van der Waals surface area contributed by atoms with Crippen LogP contribution in [-0.2, 0) is 14.3 Å². The first kappa shape index (κ1) is 18.0. The van der Waals surface area contributed by atoms with Gasteiger partial charge in [-0.05, 0) is 38.8 Å². The minimum absolute atomic E-state index is 0.00214. The van der Waals surface area contributed by atoms with Gasteiger partial charge in [-0.25, -0.2) is 4.79 Å². The fourth-order valence-corrected chi connectivity index (χ4v) is 2.50. The van der Waals surface area contributed by atoms with Crippen LogP contribution in [0.2, 0.25) is 0 Å². The van der Waals surface area contributed by atoms with E-state index in [0.29, 0.717) is 24.2 Å². The molecule has 0 atom stereocenters. The van der Waals surface area contributed by atoms with Crippen molar-refractivity contribution in [1.29, 1.82) is 0 Å². The number of amides is 2. The SMILES string of the molecule is CCC(C)(C)NC(=O)COC(=O)c1ccccc1N1CCCC1=O. The van der Waals surface area contributed by atoms with Crippen molar-refractivity contribution in [3.05, 3.63) is 29.8 Å². The van der Waals surface area contributed by atoms with Crippen molar-refractivity contribution < 1.29 is 19.1 Å². The summed E-state index contributed by atoms with van der Waals surface area (Å²) in [6.07, 6.45) is 2.03. The topological polar surface area (TPSA) is 75.7 Å². The minimum Gasteiger partial charge on any atom is -0.452 e. The quantitative estimate of drug-likeness (QED) is 0.811. The van der Waals surface area contributed by atoms with Crippen molar-refractivity contribution in [2.24, 2.45) is 0 Å². The van der Waals surface area contributed by atoms with Gasteiger partial charge in [0.15, 0.2) is 6.61 Å². The third-order valence-corrected chi connectivity index (χ3v) is 4.18. The van der Waals surface area contributed by atoms with Gasteiger partial charge in [-0.15, -0.1) is 0 Å². The number of nitrogens with zero attached hydrogens (tertiary/aromatic N) is 1. The summed E-state index contributed by atoms with van der Waals surface area (Å²) >= 11 is 0. The second-order valence-corrected chi connectivity index (χ2v) is 6.53. The molecule has 0 aliphatic carbocycles. The molecule has 0 radical (unpaired) electrons. The Morgan fingerprint density at radius 1 is 1.29 bits per heavy atom. The summed E-state index contributed by atoms with van der Waals surface area (Å²) in [6.45, 7) is 6.02. The zero-order chi connectivity index (χ0) is 17.7. The van der Waals surface area contributed by atoms with Crippen LogP contribution < -0.4 is 10.2 Å². The van der Waals surface area contributed by atoms with Crippen molar-refractivity contribution in [3.8, 4) is 0 Å². The van der Waals surface area contributed by atoms with Gasteiger partial charge in [0.05, 0.1) is 11.3 Å². The second kappa shape index (κ2) is 7.47. The van der Waals surface area contributed by atoms with Gasteiger partial charge in [0.2, 0.25) is 5.91 Å². The molecule has 2 amide bonds. The second-order valence-electron chi connectivity index (χ2n) is 6.53. The zero-order valence-electron chi connectivity index (χ0n) is 14.4. The predicted molar refractivity (Wildman–Crippen MR) is 90.8 cm³/mol. The lowest BCUT2D eigenvalue weighted by molar-refractivity contribution is -0.125. The zero-order valence-corrected chi connectivity index (χ0v) is 14.4. The predicted octanol–water partition coefficient (Wildman–Crippen LogP) is 2.28. The van der Waals surface area contributed by atoms with Crippen molar-refractivity contribution in [2.45, 2.75) is 45.6 Å². The van der Waals surface area contributed by atoms with E-state index >= 15 is 0 Å². The highest BCUT2D eigenvalue weighted by molar-refractivity contribution is 6.03. The van der Waals surface area contributed by atoms with Crippen LogP contribution in [-0.4, -0.2) is 36.5 Å². The number of hydrogen-bond acceptors (Lipinski definition) is 4. The molecule has 0 bridgehead atoms. The van der Waals surface area contributed by atoms with E-state index in [9.17, 15) is 14.4 Å². The molecular formula is C18H24N2O4. The molecule has 0 saturated carbocycles. The van der Waals surface area contributed by atoms with Crippen LogP contribution in [0.15, 0.2) is 24.3 Å². The van der Waals surface area contributed by atoms with Crippen LogP contribution in [0.1, 0.15) is 50.4 Å². The van der Waals surface area contributed by atoms with E-state index < -0.39 is 5.97 Å². The first-order valence-corrected chi connectivity index (χ1v) is 8.21. The summed E-state index contributed by atoms with van der Waals surface area (Å²) in [5.74, 6) is -0.947. The highest BCUT2D eigenvalue weighted by Gasteiger charge is 2.26. The van der Waals surface area contributed by atoms with Crippen molar-refractivity contribution >= 4 is 23.5 Å². The van der Waals surface area contributed by atoms with Crippen LogP contribution in [0.3, 0.4) is 0 Å². The van der Waals surface area contributed by atoms with E-state index in [0.717, 1.165) is 12.8 Å². The molecule has 1 fully saturated rings. The van der Waals surface area contributed by atoms with E-state index in [1.165, 1.54) is 0 Å². The van der Waals surface area contributed by atoms with Gasteiger partial charge in [0, 0.05) is 18.5 Å². The smallest absolute Gasteiger partial charge is 0.340 e. The summed E-state index contributed by atoms with van der Waals surface area (Å²) < 4.78 is 5.13. The monoisotopic (exact) mass is 332 g/mol. The number of hydrogen-bond donors (Lipinski definition) is 1. The maximum Gasteiger partial charge on any atom is 0.340 e. The van der Waals surface area contributed by atoms with Crippen LogP contribution in [0.5, 0.6) is 0 Å². The van der Waals surface area contributed by atoms with Gasteiger partial charge in [0.1, 0.15) is 0 Å². The summed E-state index contributed by atoms with van der Waals surface area (Å²) in [4.78, 5) is 37.7. The Kier molecular flexibility index (Phi) is 5.59. The molecule has 130 valence electrons. The Morgan fingerprint density at radius 2 is 2.00 bits per heavy atom. The number of carbonyl (C=O) groups is 3. The molecule has 1 saturated heterocycles. The molecule has 1 heterocycles. The molecule has 0 aromatic heterocycles. The highest BCUT2D eigenvalue weighted by Crippen LogP contribution is 2.25. The molecule has 1 aromatic carbocycles. The van der Waals surface area contributed by atoms with Crippen LogP contribution in [0.25, 0.3) is 0 Å². The van der Waals surface area contributed by atoms with Gasteiger partial charge in [0.25, 0.3) is 5.91 Å². The Bertz CT molecular complexity index is 640. The molecule has 6 heteroatoms. The summed E-state index contributed by atoms with van der Waals surface area (Å²) in [5, 5.41) is 2.81. The average molecular weight is 332 g/mol. The first-order valence-electron chi connectivity index (χ1n) is 8.21. The molecule has 1 aromatic rings. The number of ether oxygens (including phenoxy) is 1. The molecule has 1 N–H and O–H groups in total. The van der Waals surface area contributed by atoms with Crippen LogP contribution in [0, 0.1) is 0 Å². The molecule has 0 unspecified atom stereocenters. The molecule has 6 nitrogen and oxygen atoms in total. The molecule has 1 aliphatic rings. The maximum absolute atomic E-state index is 12.3. The molecule has 1 aliphatic heterocycles. The Labute approximate surface area is 142 Å². The lowest BCUT2D eigenvalue weighted by atomic mass is 10.0. The van der Waals surface area contributed by atoms with Gasteiger partial charge >= 0.3 is 5.97 Å². The van der Waals surface area contributed by atoms with Gasteiger partial charge in [-0.2, -0.15) is 0 Å². The Hall–Kier alpha value is -2.37. The molecular weight excluding hydrogens is 308 g/mol. The Morgan fingerprint density at radius 3 is 2.62 bits per heavy atom. The first-order chi connectivity index (χ1) is 11.3. The third-order valence-electron chi connectivity index (χ3n) is 4.18. The van der Waals surface area contributed by atoms with E-state index in [-0.39, 0.29) is 24.0 Å². The van der Waals surface area contributed by atoms with Crippen molar-refractivity contribution in [3.63, 3.8) is 0 Å². The number of anilines is 1. The van der Waals surface area contributed by atoms with E-state index in [1.54, 1.807) is 29.2 Å². The van der Waals surface area contributed by atoms with Crippen LogP contribution >= 0.6 is 0 Å². The number of benzene rings is 1. The Balaban J connectivity index is 2.03. The normalized spacial score (nSPS) is 14.6. The van der Waals surface area contributed by atoms with Crippen molar-refractivity contribution in [2.75, 3.05) is 18.1 Å². The number of rotatable bonds is 6. The molecule has 0 spiro atoms. The number of nitrogens with one attached hydrogen (secondary N) is 1. The highest BCUT2D eigenvalue weighted by atomic mass is 16.5. The fourth-order valence-electron chi connectivity index (χ4n) is 2.50.